The minimum Gasteiger partial charge on any atom is -0.481 e. The Balaban J connectivity index is 2.34. The summed E-state index contributed by atoms with van der Waals surface area (Å²) < 4.78 is 0. The molecule has 3 N–H and O–H groups in total. The number of carboxylic acids is 1. The van der Waals surface area contributed by atoms with Gasteiger partial charge in [-0.1, -0.05) is 20.8 Å². The molecule has 6 heteroatoms. The molecule has 116 valence electrons. The molecule has 0 aromatic heterocycles. The van der Waals surface area contributed by atoms with Gasteiger partial charge in [0, 0.05) is 19.1 Å². The van der Waals surface area contributed by atoms with Gasteiger partial charge in [-0.2, -0.15) is 0 Å². The van der Waals surface area contributed by atoms with Crippen LogP contribution in [0, 0.1) is 11.8 Å². The summed E-state index contributed by atoms with van der Waals surface area (Å²) in [4.78, 5) is 25.2. The van der Waals surface area contributed by atoms with E-state index >= 15 is 0 Å². The van der Waals surface area contributed by atoms with E-state index in [9.17, 15) is 9.59 Å². The number of carbonyl (C=O) groups is 2. The van der Waals surface area contributed by atoms with Crippen LogP contribution in [0.4, 0.5) is 4.79 Å². The smallest absolute Gasteiger partial charge is 0.315 e. The van der Waals surface area contributed by atoms with E-state index in [1.165, 1.54) is 0 Å². The maximum Gasteiger partial charge on any atom is 0.315 e. The van der Waals surface area contributed by atoms with Crippen molar-refractivity contribution in [2.75, 3.05) is 26.2 Å². The Morgan fingerprint density at radius 3 is 2.65 bits per heavy atom. The van der Waals surface area contributed by atoms with Crippen LogP contribution >= 0.6 is 0 Å². The van der Waals surface area contributed by atoms with Gasteiger partial charge in [0.15, 0.2) is 0 Å². The zero-order valence-corrected chi connectivity index (χ0v) is 12.7. The lowest BCUT2D eigenvalue weighted by molar-refractivity contribution is -0.142. The molecular formula is C14H27N3O3. The molecule has 1 heterocycles. The zero-order chi connectivity index (χ0) is 15.1. The van der Waals surface area contributed by atoms with E-state index in [1.54, 1.807) is 0 Å². The fourth-order valence-corrected chi connectivity index (χ4v) is 2.51. The molecular weight excluding hydrogens is 258 g/mol. The molecule has 1 fully saturated rings. The van der Waals surface area contributed by atoms with Gasteiger partial charge in [0.2, 0.25) is 0 Å². The minimum absolute atomic E-state index is 0.00179. The number of likely N-dealkylation sites (N-methyl/N-ethyl adjacent to an activating group) is 1. The third-order valence-electron chi connectivity index (χ3n) is 3.89. The second kappa shape index (κ2) is 8.09. The summed E-state index contributed by atoms with van der Waals surface area (Å²) >= 11 is 0. The van der Waals surface area contributed by atoms with E-state index in [1.807, 2.05) is 13.8 Å². The molecule has 0 aromatic rings. The minimum atomic E-state index is -0.866. The summed E-state index contributed by atoms with van der Waals surface area (Å²) in [6.45, 7) is 8.93. The molecule has 0 aromatic carbocycles. The van der Waals surface area contributed by atoms with Gasteiger partial charge in [-0.15, -0.1) is 0 Å². The largest absolute Gasteiger partial charge is 0.481 e. The quantitative estimate of drug-likeness (QED) is 0.683. The van der Waals surface area contributed by atoms with Crippen molar-refractivity contribution in [3.8, 4) is 0 Å². The predicted molar refractivity (Wildman–Crippen MR) is 77.6 cm³/mol. The lowest BCUT2D eigenvalue weighted by Crippen LogP contribution is -2.51. The van der Waals surface area contributed by atoms with E-state index in [-0.39, 0.29) is 24.5 Å². The standard InChI is InChI=1S/C14H27N3O3/c1-4-17-7-5-6-11(9-17)16-14(20)15-8-12(10(2)3)13(18)19/h10-12H,4-9H2,1-3H3,(H,18,19)(H2,15,16,20). The van der Waals surface area contributed by atoms with E-state index in [0.29, 0.717) is 0 Å². The van der Waals surface area contributed by atoms with Gasteiger partial charge >= 0.3 is 12.0 Å². The first-order valence-corrected chi connectivity index (χ1v) is 7.43. The number of carboxylic acid groups (broad SMARTS) is 1. The highest BCUT2D eigenvalue weighted by atomic mass is 16.4. The number of aliphatic carboxylic acids is 1. The predicted octanol–water partition coefficient (Wildman–Crippen LogP) is 1.13. The average molecular weight is 285 g/mol. The summed E-state index contributed by atoms with van der Waals surface area (Å²) in [6, 6.07) is -0.106. The van der Waals surface area contributed by atoms with Gasteiger partial charge in [-0.25, -0.2) is 4.79 Å². The van der Waals surface area contributed by atoms with Crippen LogP contribution in [0.25, 0.3) is 0 Å². The summed E-state index contributed by atoms with van der Waals surface area (Å²) in [5.41, 5.74) is 0. The first kappa shape index (κ1) is 16.8. The SMILES string of the molecule is CCN1CCCC(NC(=O)NCC(C(=O)O)C(C)C)C1. The van der Waals surface area contributed by atoms with Gasteiger partial charge in [-0.3, -0.25) is 4.79 Å². The Kier molecular flexibility index (Phi) is 6.78. The fraction of sp³-hybridized carbons (Fsp3) is 0.857. The number of likely N-dealkylation sites (tertiary alicyclic amines) is 1. The molecule has 20 heavy (non-hydrogen) atoms. The Morgan fingerprint density at radius 2 is 2.10 bits per heavy atom. The molecule has 1 saturated heterocycles. The summed E-state index contributed by atoms with van der Waals surface area (Å²) in [5.74, 6) is -1.41. The van der Waals surface area contributed by atoms with E-state index in [4.69, 9.17) is 5.11 Å². The van der Waals surface area contributed by atoms with Crippen molar-refractivity contribution < 1.29 is 14.7 Å². The van der Waals surface area contributed by atoms with Crippen LogP contribution in [0.3, 0.4) is 0 Å². The zero-order valence-electron chi connectivity index (χ0n) is 12.7. The molecule has 1 aliphatic rings. The third kappa shape index (κ3) is 5.36. The second-order valence-electron chi connectivity index (χ2n) is 5.78. The van der Waals surface area contributed by atoms with Gasteiger partial charge in [0.25, 0.3) is 0 Å². The van der Waals surface area contributed by atoms with Crippen molar-refractivity contribution in [2.45, 2.75) is 39.7 Å². The van der Waals surface area contributed by atoms with E-state index < -0.39 is 11.9 Å². The van der Waals surface area contributed by atoms with Crippen LogP contribution in [0.1, 0.15) is 33.6 Å². The molecule has 1 rings (SSSR count). The van der Waals surface area contributed by atoms with Crippen molar-refractivity contribution in [3.63, 3.8) is 0 Å². The monoisotopic (exact) mass is 285 g/mol. The van der Waals surface area contributed by atoms with E-state index in [2.05, 4.69) is 22.5 Å². The highest BCUT2D eigenvalue weighted by Crippen LogP contribution is 2.11. The lowest BCUT2D eigenvalue weighted by Gasteiger charge is -2.32. The van der Waals surface area contributed by atoms with Crippen molar-refractivity contribution in [1.82, 2.24) is 15.5 Å². The summed E-state index contributed by atoms with van der Waals surface area (Å²) in [5, 5.41) is 14.7. The van der Waals surface area contributed by atoms with Crippen LogP contribution in [-0.4, -0.2) is 54.2 Å². The number of piperidine rings is 1. The number of urea groups is 1. The molecule has 6 nitrogen and oxygen atoms in total. The highest BCUT2D eigenvalue weighted by Gasteiger charge is 2.23. The van der Waals surface area contributed by atoms with Gasteiger partial charge < -0.3 is 20.6 Å². The number of nitrogens with one attached hydrogen (secondary N) is 2. The second-order valence-corrected chi connectivity index (χ2v) is 5.78. The molecule has 0 bridgehead atoms. The molecule has 2 atom stereocenters. The van der Waals surface area contributed by atoms with Crippen molar-refractivity contribution in [1.29, 1.82) is 0 Å². The fourth-order valence-electron chi connectivity index (χ4n) is 2.51. The Morgan fingerprint density at radius 1 is 1.40 bits per heavy atom. The van der Waals surface area contributed by atoms with Crippen LogP contribution in [0.2, 0.25) is 0 Å². The lowest BCUT2D eigenvalue weighted by atomic mass is 9.96. The van der Waals surface area contributed by atoms with Crippen molar-refractivity contribution >= 4 is 12.0 Å². The Hall–Kier alpha value is -1.30. The number of carbonyl (C=O) groups excluding carboxylic acids is 1. The number of rotatable bonds is 6. The maximum atomic E-state index is 11.8. The van der Waals surface area contributed by atoms with Crippen LogP contribution < -0.4 is 10.6 Å². The van der Waals surface area contributed by atoms with Crippen LogP contribution in [0.15, 0.2) is 0 Å². The van der Waals surface area contributed by atoms with Crippen LogP contribution in [0.5, 0.6) is 0 Å². The molecule has 0 aliphatic carbocycles. The van der Waals surface area contributed by atoms with Gasteiger partial charge in [0.1, 0.15) is 0 Å². The molecule has 2 amide bonds. The third-order valence-corrected chi connectivity index (χ3v) is 3.89. The van der Waals surface area contributed by atoms with Crippen molar-refractivity contribution in [3.05, 3.63) is 0 Å². The maximum absolute atomic E-state index is 11.8. The summed E-state index contributed by atoms with van der Waals surface area (Å²) in [6.07, 6.45) is 2.07. The Labute approximate surface area is 120 Å². The molecule has 0 saturated carbocycles. The average Bonchev–Trinajstić information content (AvgIpc) is 2.38. The molecule has 0 radical (unpaired) electrons. The number of amides is 2. The molecule has 0 spiro atoms. The molecule has 1 aliphatic heterocycles. The first-order chi connectivity index (χ1) is 9.43. The Bertz CT molecular complexity index is 334. The van der Waals surface area contributed by atoms with Crippen molar-refractivity contribution in [2.24, 2.45) is 11.8 Å². The molecule has 2 unspecified atom stereocenters. The summed E-state index contributed by atoms with van der Waals surface area (Å²) in [7, 11) is 0. The number of hydrogen-bond donors (Lipinski definition) is 3. The number of hydrogen-bond acceptors (Lipinski definition) is 3. The normalized spacial score (nSPS) is 21.5. The first-order valence-electron chi connectivity index (χ1n) is 7.43. The highest BCUT2D eigenvalue weighted by molar-refractivity contribution is 5.76. The topological polar surface area (TPSA) is 81.7 Å². The van der Waals surface area contributed by atoms with Crippen LogP contribution in [-0.2, 0) is 4.79 Å². The van der Waals surface area contributed by atoms with Gasteiger partial charge in [-0.05, 0) is 31.8 Å². The van der Waals surface area contributed by atoms with E-state index in [0.717, 1.165) is 32.5 Å². The van der Waals surface area contributed by atoms with Gasteiger partial charge in [0.05, 0.1) is 5.92 Å². The number of nitrogens with zero attached hydrogens (tertiary/aromatic N) is 1.